The van der Waals surface area contributed by atoms with Gasteiger partial charge in [0, 0.05) is 0 Å². The third-order valence-electron chi connectivity index (χ3n) is 0.664. The SMILES string of the molecule is N#CCS(=O)(=O)CC(F)F. The van der Waals surface area contributed by atoms with Crippen molar-refractivity contribution >= 4 is 9.84 Å². The molecule has 0 atom stereocenters. The van der Waals surface area contributed by atoms with E-state index in [2.05, 4.69) is 0 Å². The number of nitriles is 1. The van der Waals surface area contributed by atoms with E-state index < -0.39 is 27.8 Å². The first-order valence-corrected chi connectivity index (χ1v) is 4.15. The van der Waals surface area contributed by atoms with Crippen molar-refractivity contribution in [3.05, 3.63) is 0 Å². The predicted octanol–water partition coefficient (Wildman–Crippen LogP) is 0.190. The van der Waals surface area contributed by atoms with Crippen molar-refractivity contribution in [2.75, 3.05) is 11.5 Å². The molecule has 0 bridgehead atoms. The average Bonchev–Trinajstić information content (AvgIpc) is 1.59. The highest BCUT2D eigenvalue weighted by Gasteiger charge is 2.16. The van der Waals surface area contributed by atoms with Crippen molar-refractivity contribution in [3.63, 3.8) is 0 Å². The molecule has 6 heteroatoms. The van der Waals surface area contributed by atoms with Gasteiger partial charge in [-0.25, -0.2) is 17.2 Å². The van der Waals surface area contributed by atoms with Gasteiger partial charge in [0.1, 0.15) is 11.5 Å². The standard InChI is InChI=1S/C4H5F2NO2S/c5-4(6)3-10(8,9)2-1-7/h4H,2-3H2. The lowest BCUT2D eigenvalue weighted by molar-refractivity contribution is 0.174. The summed E-state index contributed by atoms with van der Waals surface area (Å²) in [5, 5.41) is 7.84. The second kappa shape index (κ2) is 3.46. The molecule has 0 saturated carbocycles. The Morgan fingerprint density at radius 3 is 2.30 bits per heavy atom. The number of hydrogen-bond acceptors (Lipinski definition) is 3. The molecule has 0 saturated heterocycles. The monoisotopic (exact) mass is 169 g/mol. The van der Waals surface area contributed by atoms with Gasteiger partial charge >= 0.3 is 0 Å². The number of alkyl halides is 2. The molecule has 0 rings (SSSR count). The normalized spacial score (nSPS) is 11.4. The first kappa shape index (κ1) is 9.30. The highest BCUT2D eigenvalue weighted by atomic mass is 32.2. The van der Waals surface area contributed by atoms with E-state index in [1.807, 2.05) is 0 Å². The summed E-state index contributed by atoms with van der Waals surface area (Å²) in [5.74, 6) is -2.06. The van der Waals surface area contributed by atoms with Gasteiger partial charge in [0.25, 0.3) is 6.43 Å². The van der Waals surface area contributed by atoms with Gasteiger partial charge in [-0.1, -0.05) is 0 Å². The molecule has 0 heterocycles. The van der Waals surface area contributed by atoms with Crippen LogP contribution in [0.25, 0.3) is 0 Å². The molecule has 3 nitrogen and oxygen atoms in total. The minimum Gasteiger partial charge on any atom is -0.228 e. The topological polar surface area (TPSA) is 57.9 Å². The smallest absolute Gasteiger partial charge is 0.228 e. The molecule has 0 fully saturated rings. The largest absolute Gasteiger partial charge is 0.252 e. The molecule has 10 heavy (non-hydrogen) atoms. The Bertz CT molecular complexity index is 228. The molecule has 0 aliphatic rings. The van der Waals surface area contributed by atoms with Crippen LogP contribution in [0.5, 0.6) is 0 Å². The van der Waals surface area contributed by atoms with Crippen LogP contribution in [0.2, 0.25) is 0 Å². The molecule has 0 amide bonds. The maximum Gasteiger partial charge on any atom is 0.252 e. The lowest BCUT2D eigenvalue weighted by Crippen LogP contribution is -2.15. The Hall–Kier alpha value is -0.700. The van der Waals surface area contributed by atoms with Crippen LogP contribution >= 0.6 is 0 Å². The third-order valence-corrected chi connectivity index (χ3v) is 1.99. The van der Waals surface area contributed by atoms with Crippen LogP contribution in [0.15, 0.2) is 0 Å². The third kappa shape index (κ3) is 4.21. The van der Waals surface area contributed by atoms with Crippen molar-refractivity contribution in [1.82, 2.24) is 0 Å². The second-order valence-corrected chi connectivity index (χ2v) is 3.71. The van der Waals surface area contributed by atoms with Crippen molar-refractivity contribution in [2.24, 2.45) is 0 Å². The van der Waals surface area contributed by atoms with Crippen LogP contribution in [0.4, 0.5) is 8.78 Å². The molecule has 0 aromatic heterocycles. The summed E-state index contributed by atoms with van der Waals surface area (Å²) < 4.78 is 43.4. The lowest BCUT2D eigenvalue weighted by Gasteiger charge is -1.95. The summed E-state index contributed by atoms with van der Waals surface area (Å²) >= 11 is 0. The molecule has 0 aliphatic heterocycles. The van der Waals surface area contributed by atoms with E-state index in [4.69, 9.17) is 5.26 Å². The maximum absolute atomic E-state index is 11.4. The fourth-order valence-corrected chi connectivity index (χ4v) is 1.05. The molecule has 58 valence electrons. The molecule has 0 spiro atoms. The number of nitrogens with zero attached hydrogens (tertiary/aromatic N) is 1. The van der Waals surface area contributed by atoms with Gasteiger partial charge in [-0.3, -0.25) is 0 Å². The fraction of sp³-hybridized carbons (Fsp3) is 0.750. The molecule has 0 unspecified atom stereocenters. The van der Waals surface area contributed by atoms with Crippen LogP contribution < -0.4 is 0 Å². The van der Waals surface area contributed by atoms with E-state index in [9.17, 15) is 17.2 Å². The first-order valence-electron chi connectivity index (χ1n) is 2.33. The molecular formula is C4H5F2NO2S. The van der Waals surface area contributed by atoms with Gasteiger partial charge in [-0.15, -0.1) is 0 Å². The van der Waals surface area contributed by atoms with E-state index in [-0.39, 0.29) is 0 Å². The number of sulfone groups is 1. The van der Waals surface area contributed by atoms with Gasteiger partial charge in [0.15, 0.2) is 9.84 Å². The van der Waals surface area contributed by atoms with Crippen LogP contribution in [-0.4, -0.2) is 26.3 Å². The van der Waals surface area contributed by atoms with E-state index in [0.717, 1.165) is 0 Å². The summed E-state index contributed by atoms with van der Waals surface area (Å²) in [5.41, 5.74) is 0. The van der Waals surface area contributed by atoms with Gasteiger partial charge in [0.2, 0.25) is 0 Å². The molecule has 0 aromatic carbocycles. The first-order chi connectivity index (χ1) is 4.48. The maximum atomic E-state index is 11.4. The van der Waals surface area contributed by atoms with E-state index in [1.165, 1.54) is 6.07 Å². The van der Waals surface area contributed by atoms with E-state index in [0.29, 0.717) is 0 Å². The Labute approximate surface area is 57.2 Å². The zero-order valence-electron chi connectivity index (χ0n) is 4.92. The summed E-state index contributed by atoms with van der Waals surface area (Å²) in [6.45, 7) is 0. The molecule has 0 radical (unpaired) electrons. The number of halogens is 2. The van der Waals surface area contributed by atoms with Crippen molar-refractivity contribution in [1.29, 1.82) is 5.26 Å². The Morgan fingerprint density at radius 1 is 1.50 bits per heavy atom. The summed E-state index contributed by atoms with van der Waals surface area (Å²) in [6.07, 6.45) is -2.89. The Kier molecular flexibility index (Phi) is 3.22. The van der Waals surface area contributed by atoms with E-state index >= 15 is 0 Å². The van der Waals surface area contributed by atoms with Crippen molar-refractivity contribution in [2.45, 2.75) is 6.43 Å². The quantitative estimate of drug-likeness (QED) is 0.606. The van der Waals surface area contributed by atoms with Gasteiger partial charge in [-0.2, -0.15) is 5.26 Å². The minimum atomic E-state index is -3.84. The van der Waals surface area contributed by atoms with Crippen LogP contribution in [0.3, 0.4) is 0 Å². The van der Waals surface area contributed by atoms with Crippen LogP contribution in [0.1, 0.15) is 0 Å². The molecule has 0 aliphatic carbocycles. The Balaban J connectivity index is 4.05. The average molecular weight is 169 g/mol. The zero-order valence-corrected chi connectivity index (χ0v) is 5.74. The summed E-state index contributed by atoms with van der Waals surface area (Å²) in [4.78, 5) is 0. The second-order valence-electron chi connectivity index (χ2n) is 1.60. The summed E-state index contributed by atoms with van der Waals surface area (Å²) in [7, 11) is -3.84. The number of rotatable bonds is 3. The minimum absolute atomic E-state index is 0.836. The van der Waals surface area contributed by atoms with Crippen LogP contribution in [0, 0.1) is 11.3 Å². The van der Waals surface area contributed by atoms with E-state index in [1.54, 1.807) is 0 Å². The van der Waals surface area contributed by atoms with Gasteiger partial charge in [-0.05, 0) is 0 Å². The van der Waals surface area contributed by atoms with Gasteiger partial charge < -0.3 is 0 Å². The van der Waals surface area contributed by atoms with Crippen molar-refractivity contribution < 1.29 is 17.2 Å². The number of hydrogen-bond donors (Lipinski definition) is 0. The van der Waals surface area contributed by atoms with Gasteiger partial charge in [0.05, 0.1) is 6.07 Å². The lowest BCUT2D eigenvalue weighted by atomic mass is 10.9. The highest BCUT2D eigenvalue weighted by Crippen LogP contribution is 1.98. The predicted molar refractivity (Wildman–Crippen MR) is 30.3 cm³/mol. The Morgan fingerprint density at radius 2 is 2.00 bits per heavy atom. The molecular weight excluding hydrogens is 164 g/mol. The molecule has 0 aromatic rings. The fourth-order valence-electron chi connectivity index (χ4n) is 0.349. The zero-order chi connectivity index (χ0) is 8.20. The van der Waals surface area contributed by atoms with Crippen LogP contribution in [-0.2, 0) is 9.84 Å². The van der Waals surface area contributed by atoms with Crippen molar-refractivity contribution in [3.8, 4) is 6.07 Å². The highest BCUT2D eigenvalue weighted by molar-refractivity contribution is 7.91. The molecule has 0 N–H and O–H groups in total. The summed E-state index contributed by atoms with van der Waals surface area (Å²) in [6, 6.07) is 1.29.